The molecule has 0 radical (unpaired) electrons. The van der Waals surface area contributed by atoms with E-state index >= 15 is 0 Å². The van der Waals surface area contributed by atoms with Crippen LogP contribution < -0.4 is 5.32 Å². The zero-order chi connectivity index (χ0) is 23.9. The number of rotatable bonds is 5. The molecule has 0 bridgehead atoms. The molecule has 0 saturated carbocycles. The van der Waals surface area contributed by atoms with Crippen LogP contribution in [0.25, 0.3) is 0 Å². The molecule has 2 aromatic rings. The summed E-state index contributed by atoms with van der Waals surface area (Å²) in [5, 5.41) is 15.3. The van der Waals surface area contributed by atoms with Crippen LogP contribution in [-0.4, -0.2) is 39.7 Å². The molecule has 0 unspecified atom stereocenters. The van der Waals surface area contributed by atoms with Crippen LogP contribution in [0.2, 0.25) is 0 Å². The van der Waals surface area contributed by atoms with Crippen molar-refractivity contribution in [3.63, 3.8) is 0 Å². The molecule has 3 heterocycles. The first kappa shape index (κ1) is 24.2. The van der Waals surface area contributed by atoms with Gasteiger partial charge in [-0.2, -0.15) is 0 Å². The van der Waals surface area contributed by atoms with Crippen molar-refractivity contribution in [3.8, 4) is 5.75 Å². The summed E-state index contributed by atoms with van der Waals surface area (Å²) in [6.07, 6.45) is 7.69. The first-order valence-electron chi connectivity index (χ1n) is 12.8. The fraction of sp³-hybridized carbons (Fsp3) is 0.621. The van der Waals surface area contributed by atoms with Crippen molar-refractivity contribution >= 4 is 0 Å². The summed E-state index contributed by atoms with van der Waals surface area (Å²) in [7, 11) is 0. The lowest BCUT2D eigenvalue weighted by Gasteiger charge is -2.44. The number of aromatic hydroxyl groups is 1. The maximum atomic E-state index is 11.4. The molecule has 1 aromatic heterocycles. The summed E-state index contributed by atoms with van der Waals surface area (Å²) >= 11 is 0. The lowest BCUT2D eigenvalue weighted by Crippen LogP contribution is -2.57. The van der Waals surface area contributed by atoms with E-state index in [2.05, 4.69) is 76.0 Å². The van der Waals surface area contributed by atoms with Gasteiger partial charge >= 0.3 is 0 Å². The Balaban J connectivity index is 1.75. The van der Waals surface area contributed by atoms with Crippen LogP contribution in [0.5, 0.6) is 5.75 Å². The van der Waals surface area contributed by atoms with Gasteiger partial charge in [0.05, 0.1) is 0 Å². The van der Waals surface area contributed by atoms with Crippen LogP contribution in [0.1, 0.15) is 89.6 Å². The van der Waals surface area contributed by atoms with Gasteiger partial charge in [-0.1, -0.05) is 59.7 Å². The minimum atomic E-state index is -0.108. The van der Waals surface area contributed by atoms with Crippen molar-refractivity contribution in [1.82, 2.24) is 15.2 Å². The molecular weight excluding hydrogens is 406 g/mol. The Morgan fingerprint density at radius 1 is 1.09 bits per heavy atom. The van der Waals surface area contributed by atoms with Gasteiger partial charge in [-0.15, -0.1) is 0 Å². The van der Waals surface area contributed by atoms with Crippen LogP contribution in [0, 0.1) is 0 Å². The van der Waals surface area contributed by atoms with Crippen LogP contribution in [0.3, 0.4) is 0 Å². The Bertz CT molecular complexity index is 951. The maximum Gasteiger partial charge on any atom is 0.123 e. The Morgan fingerprint density at radius 3 is 2.48 bits per heavy atom. The van der Waals surface area contributed by atoms with Gasteiger partial charge < -0.3 is 10.4 Å². The van der Waals surface area contributed by atoms with E-state index < -0.39 is 0 Å². The minimum absolute atomic E-state index is 0.0332. The molecule has 33 heavy (non-hydrogen) atoms. The zero-order valence-corrected chi connectivity index (χ0v) is 21.5. The molecule has 4 rings (SSSR count). The number of phenols is 1. The van der Waals surface area contributed by atoms with Gasteiger partial charge in [-0.3, -0.25) is 9.88 Å². The van der Waals surface area contributed by atoms with E-state index in [9.17, 15) is 5.11 Å². The second kappa shape index (κ2) is 9.03. The number of hydrogen-bond donors (Lipinski definition) is 2. The number of benzene rings is 1. The quantitative estimate of drug-likeness (QED) is 0.614. The Morgan fingerprint density at radius 2 is 1.88 bits per heavy atom. The zero-order valence-electron chi connectivity index (χ0n) is 21.5. The van der Waals surface area contributed by atoms with Gasteiger partial charge in [0.1, 0.15) is 5.75 Å². The Hall–Kier alpha value is -1.91. The second-order valence-corrected chi connectivity index (χ2v) is 12.3. The minimum Gasteiger partial charge on any atom is -0.507 e. The fourth-order valence-electron chi connectivity index (χ4n) is 5.90. The Kier molecular flexibility index (Phi) is 6.63. The highest BCUT2D eigenvalue weighted by Gasteiger charge is 2.48. The molecule has 0 aliphatic carbocycles. The lowest BCUT2D eigenvalue weighted by molar-refractivity contribution is 0.0888. The number of aromatic nitrogens is 1. The van der Waals surface area contributed by atoms with Crippen LogP contribution in [0.15, 0.2) is 36.5 Å². The highest BCUT2D eigenvalue weighted by atomic mass is 16.3. The summed E-state index contributed by atoms with van der Waals surface area (Å²) in [6, 6.07) is 11.2. The van der Waals surface area contributed by atoms with Crippen molar-refractivity contribution in [2.24, 2.45) is 0 Å². The molecular formula is C29H43N3O. The third kappa shape index (κ3) is 4.97. The summed E-state index contributed by atoms with van der Waals surface area (Å²) in [5.74, 6) is 0.480. The van der Waals surface area contributed by atoms with Gasteiger partial charge in [0.2, 0.25) is 0 Å². The average Bonchev–Trinajstić information content (AvgIpc) is 3.40. The fourth-order valence-corrected chi connectivity index (χ4v) is 5.90. The van der Waals surface area contributed by atoms with Gasteiger partial charge in [0.15, 0.2) is 0 Å². The SMILES string of the molecule is CC(C)(C)c1cc(CN2CCC[C@]2(Cc2ccccn2)[C@@H]2CCCN2)c(O)c(C(C)(C)C)c1. The van der Waals surface area contributed by atoms with Crippen molar-refractivity contribution in [2.75, 3.05) is 13.1 Å². The average molecular weight is 450 g/mol. The van der Waals surface area contributed by atoms with Crippen molar-refractivity contribution in [3.05, 3.63) is 58.9 Å². The first-order chi connectivity index (χ1) is 15.5. The number of hydrogen-bond acceptors (Lipinski definition) is 4. The number of pyridine rings is 1. The molecule has 2 saturated heterocycles. The van der Waals surface area contributed by atoms with Gasteiger partial charge in [0, 0.05) is 42.0 Å². The molecule has 2 aliphatic heterocycles. The number of likely N-dealkylation sites (tertiary alicyclic amines) is 1. The van der Waals surface area contributed by atoms with Gasteiger partial charge in [-0.05, 0) is 72.9 Å². The Labute approximate surface area is 200 Å². The molecule has 2 fully saturated rings. The van der Waals surface area contributed by atoms with Crippen molar-refractivity contribution in [1.29, 1.82) is 0 Å². The predicted octanol–water partition coefficient (Wildman–Crippen LogP) is 5.71. The third-order valence-electron chi connectivity index (χ3n) is 7.81. The summed E-state index contributed by atoms with van der Waals surface area (Å²) in [6.45, 7) is 16.3. The molecule has 2 atom stereocenters. The van der Waals surface area contributed by atoms with E-state index in [1.807, 2.05) is 12.3 Å². The predicted molar refractivity (Wildman–Crippen MR) is 137 cm³/mol. The number of nitrogens with zero attached hydrogens (tertiary/aromatic N) is 2. The summed E-state index contributed by atoms with van der Waals surface area (Å²) in [5.41, 5.74) is 4.55. The maximum absolute atomic E-state index is 11.4. The van der Waals surface area contributed by atoms with Gasteiger partial charge in [0.25, 0.3) is 0 Å². The van der Waals surface area contributed by atoms with E-state index in [-0.39, 0.29) is 16.4 Å². The van der Waals surface area contributed by atoms with E-state index in [1.54, 1.807) is 0 Å². The molecule has 2 aliphatic rings. The van der Waals surface area contributed by atoms with Crippen LogP contribution in [0.4, 0.5) is 0 Å². The van der Waals surface area contributed by atoms with Crippen LogP contribution >= 0.6 is 0 Å². The summed E-state index contributed by atoms with van der Waals surface area (Å²) in [4.78, 5) is 7.37. The topological polar surface area (TPSA) is 48.4 Å². The highest BCUT2D eigenvalue weighted by Crippen LogP contribution is 2.43. The molecule has 2 N–H and O–H groups in total. The monoisotopic (exact) mass is 449 g/mol. The molecule has 0 spiro atoms. The van der Waals surface area contributed by atoms with E-state index in [4.69, 9.17) is 4.98 Å². The standard InChI is InChI=1S/C29H43N3O/c1-27(2,3)22-17-21(26(33)24(18-22)28(4,5)6)20-32-16-10-13-29(32,25-12-9-15-31-25)19-23-11-7-8-14-30-23/h7-8,11,14,17-18,25,31,33H,9-10,12-13,15-16,19-20H2,1-6H3/t25-,29-/m0/s1. The number of phenolic OH excluding ortho intramolecular Hbond substituents is 1. The van der Waals surface area contributed by atoms with E-state index in [0.717, 1.165) is 37.2 Å². The molecule has 1 aromatic carbocycles. The van der Waals surface area contributed by atoms with Crippen molar-refractivity contribution in [2.45, 2.75) is 103 Å². The highest BCUT2D eigenvalue weighted by molar-refractivity contribution is 5.49. The molecule has 4 nitrogen and oxygen atoms in total. The molecule has 180 valence electrons. The first-order valence-corrected chi connectivity index (χ1v) is 12.8. The molecule has 0 amide bonds. The van der Waals surface area contributed by atoms with Crippen LogP contribution in [-0.2, 0) is 23.8 Å². The normalized spacial score (nSPS) is 24.5. The van der Waals surface area contributed by atoms with E-state index in [0.29, 0.717) is 11.8 Å². The van der Waals surface area contributed by atoms with E-state index in [1.165, 1.54) is 36.9 Å². The second-order valence-electron chi connectivity index (χ2n) is 12.3. The van der Waals surface area contributed by atoms with Crippen molar-refractivity contribution < 1.29 is 5.11 Å². The smallest absolute Gasteiger partial charge is 0.123 e. The summed E-state index contributed by atoms with van der Waals surface area (Å²) < 4.78 is 0. The number of nitrogens with one attached hydrogen (secondary N) is 1. The largest absolute Gasteiger partial charge is 0.507 e. The lowest BCUT2D eigenvalue weighted by atomic mass is 9.78. The third-order valence-corrected chi connectivity index (χ3v) is 7.81. The van der Waals surface area contributed by atoms with Gasteiger partial charge in [-0.25, -0.2) is 0 Å². The molecule has 4 heteroatoms.